The molecule has 0 radical (unpaired) electrons. The molecule has 0 aromatic heterocycles. The molecule has 4 nitrogen and oxygen atoms in total. The van der Waals surface area contributed by atoms with Crippen LogP contribution in [0.2, 0.25) is 0 Å². The van der Waals surface area contributed by atoms with Crippen molar-refractivity contribution in [1.29, 1.82) is 0 Å². The summed E-state index contributed by atoms with van der Waals surface area (Å²) < 4.78 is 5.09. The fraction of sp³-hybridized carbons (Fsp3) is 0.438. The summed E-state index contributed by atoms with van der Waals surface area (Å²) in [6, 6.07) is 7.84. The maximum Gasteiger partial charge on any atom is 0.246 e. The molecule has 1 N–H and O–H groups in total. The highest BCUT2D eigenvalue weighted by Gasteiger charge is 2.26. The molecular formula is C16H21NO3. The molecule has 0 atom stereocenters. The van der Waals surface area contributed by atoms with Gasteiger partial charge in [0.15, 0.2) is 0 Å². The van der Waals surface area contributed by atoms with Crippen molar-refractivity contribution in [1.82, 2.24) is 4.90 Å². The molecule has 0 aliphatic heterocycles. The smallest absolute Gasteiger partial charge is 0.246 e. The van der Waals surface area contributed by atoms with E-state index < -0.39 is 0 Å². The second kappa shape index (κ2) is 7.10. The third-order valence-electron chi connectivity index (χ3n) is 3.67. The number of carbonyl (C=O) groups excluding carboxylic acids is 1. The fourth-order valence-corrected chi connectivity index (χ4v) is 2.26. The maximum absolute atomic E-state index is 12.2. The Balaban J connectivity index is 1.98. The molecule has 1 aromatic carbocycles. The van der Waals surface area contributed by atoms with Crippen molar-refractivity contribution in [2.24, 2.45) is 0 Å². The maximum atomic E-state index is 12.2. The average molecular weight is 275 g/mol. The molecule has 0 spiro atoms. The van der Waals surface area contributed by atoms with Crippen LogP contribution < -0.4 is 4.74 Å². The Morgan fingerprint density at radius 3 is 2.60 bits per heavy atom. The molecule has 0 unspecified atom stereocenters. The summed E-state index contributed by atoms with van der Waals surface area (Å²) in [5.41, 5.74) is 0.955. The van der Waals surface area contributed by atoms with Crippen molar-refractivity contribution in [3.8, 4) is 5.75 Å². The summed E-state index contributed by atoms with van der Waals surface area (Å²) in [5, 5.41) is 9.07. The van der Waals surface area contributed by atoms with E-state index in [1.54, 1.807) is 24.2 Å². The molecule has 1 aliphatic rings. The van der Waals surface area contributed by atoms with Crippen LogP contribution in [0, 0.1) is 0 Å². The number of carbonyl (C=O) groups is 1. The van der Waals surface area contributed by atoms with Crippen molar-refractivity contribution in [3.05, 3.63) is 35.9 Å². The lowest BCUT2D eigenvalue weighted by Gasteiger charge is -2.36. The van der Waals surface area contributed by atoms with E-state index in [0.717, 1.165) is 24.2 Å². The van der Waals surface area contributed by atoms with Crippen LogP contribution in [0.15, 0.2) is 30.3 Å². The molecule has 2 rings (SSSR count). The second-order valence-electron chi connectivity index (χ2n) is 4.95. The minimum absolute atomic E-state index is 0.0125. The summed E-state index contributed by atoms with van der Waals surface area (Å²) >= 11 is 0. The first-order chi connectivity index (χ1) is 9.74. The van der Waals surface area contributed by atoms with Gasteiger partial charge in [-0.15, -0.1) is 0 Å². The van der Waals surface area contributed by atoms with E-state index >= 15 is 0 Å². The second-order valence-corrected chi connectivity index (χ2v) is 4.95. The molecule has 0 heterocycles. The van der Waals surface area contributed by atoms with Crippen molar-refractivity contribution in [2.45, 2.75) is 25.3 Å². The average Bonchev–Trinajstić information content (AvgIpc) is 2.43. The van der Waals surface area contributed by atoms with Gasteiger partial charge in [0.05, 0.1) is 13.7 Å². The van der Waals surface area contributed by atoms with Gasteiger partial charge in [0.2, 0.25) is 5.91 Å². The topological polar surface area (TPSA) is 49.8 Å². The van der Waals surface area contributed by atoms with Gasteiger partial charge in [0, 0.05) is 18.7 Å². The molecule has 1 amide bonds. The minimum atomic E-state index is -0.0282. The number of amides is 1. The van der Waals surface area contributed by atoms with E-state index in [0.29, 0.717) is 12.6 Å². The molecule has 108 valence electrons. The number of aliphatic hydroxyl groups is 1. The van der Waals surface area contributed by atoms with Crippen molar-refractivity contribution in [2.75, 3.05) is 20.3 Å². The van der Waals surface area contributed by atoms with Gasteiger partial charge in [-0.25, -0.2) is 0 Å². The molecular weight excluding hydrogens is 254 g/mol. The summed E-state index contributed by atoms with van der Waals surface area (Å²) in [4.78, 5) is 13.9. The van der Waals surface area contributed by atoms with Gasteiger partial charge in [-0.3, -0.25) is 4.79 Å². The molecule has 1 fully saturated rings. The highest BCUT2D eigenvalue weighted by Crippen LogP contribution is 2.25. The van der Waals surface area contributed by atoms with Crippen LogP contribution in [0.25, 0.3) is 6.08 Å². The summed E-state index contributed by atoms with van der Waals surface area (Å²) in [5.74, 6) is 0.768. The predicted molar refractivity (Wildman–Crippen MR) is 78.5 cm³/mol. The van der Waals surface area contributed by atoms with Gasteiger partial charge in [-0.05, 0) is 43.0 Å². The number of benzene rings is 1. The number of aliphatic hydroxyl groups excluding tert-OH is 1. The Bertz CT molecular complexity index is 463. The van der Waals surface area contributed by atoms with Gasteiger partial charge >= 0.3 is 0 Å². The Morgan fingerprint density at radius 1 is 1.40 bits per heavy atom. The van der Waals surface area contributed by atoms with Crippen molar-refractivity contribution in [3.63, 3.8) is 0 Å². The van der Waals surface area contributed by atoms with E-state index in [1.807, 2.05) is 24.3 Å². The highest BCUT2D eigenvalue weighted by atomic mass is 16.5. The van der Waals surface area contributed by atoms with Crippen LogP contribution in [-0.4, -0.2) is 42.2 Å². The lowest BCUT2D eigenvalue weighted by molar-refractivity contribution is -0.130. The molecule has 20 heavy (non-hydrogen) atoms. The standard InChI is InChI=1S/C16H21NO3/c1-20-15-8-5-13(6-9-15)7-10-16(19)17(11-12-18)14-3-2-4-14/h5-10,14,18H,2-4,11-12H2,1H3/b10-7+. The predicted octanol–water partition coefficient (Wildman–Crippen LogP) is 2.08. The van der Waals surface area contributed by atoms with Crippen LogP contribution in [0.3, 0.4) is 0 Å². The van der Waals surface area contributed by atoms with Gasteiger partial charge in [-0.1, -0.05) is 12.1 Å². The first-order valence-corrected chi connectivity index (χ1v) is 6.98. The van der Waals surface area contributed by atoms with E-state index in [1.165, 1.54) is 6.42 Å². The normalized spacial score (nSPS) is 15.1. The molecule has 0 bridgehead atoms. The third kappa shape index (κ3) is 3.61. The van der Waals surface area contributed by atoms with Crippen LogP contribution in [0.1, 0.15) is 24.8 Å². The molecule has 1 aliphatic carbocycles. The molecule has 1 saturated carbocycles. The zero-order valence-electron chi connectivity index (χ0n) is 11.8. The van der Waals surface area contributed by atoms with Crippen molar-refractivity contribution < 1.29 is 14.6 Å². The number of hydrogen-bond acceptors (Lipinski definition) is 3. The molecule has 4 heteroatoms. The Labute approximate surface area is 119 Å². The van der Waals surface area contributed by atoms with Crippen LogP contribution in [0.5, 0.6) is 5.75 Å². The minimum Gasteiger partial charge on any atom is -0.497 e. The van der Waals surface area contributed by atoms with Crippen molar-refractivity contribution >= 4 is 12.0 Å². The number of methoxy groups -OCH3 is 1. The van der Waals surface area contributed by atoms with E-state index in [-0.39, 0.29) is 12.5 Å². The number of rotatable bonds is 6. The summed E-state index contributed by atoms with van der Waals surface area (Å²) in [6.45, 7) is 0.426. The van der Waals surface area contributed by atoms with Gasteiger partial charge in [0.1, 0.15) is 5.75 Å². The zero-order valence-corrected chi connectivity index (χ0v) is 11.8. The quantitative estimate of drug-likeness (QED) is 0.809. The Kier molecular flexibility index (Phi) is 5.18. The van der Waals surface area contributed by atoms with Crippen LogP contribution in [-0.2, 0) is 4.79 Å². The van der Waals surface area contributed by atoms with Gasteiger partial charge in [-0.2, -0.15) is 0 Å². The molecule has 1 aromatic rings. The number of ether oxygens (including phenoxy) is 1. The monoisotopic (exact) mass is 275 g/mol. The Morgan fingerprint density at radius 2 is 2.10 bits per heavy atom. The Hall–Kier alpha value is -1.81. The van der Waals surface area contributed by atoms with Gasteiger partial charge in [0.25, 0.3) is 0 Å². The summed E-state index contributed by atoms with van der Waals surface area (Å²) in [6.07, 6.45) is 6.63. The number of nitrogens with zero attached hydrogens (tertiary/aromatic N) is 1. The summed E-state index contributed by atoms with van der Waals surface area (Å²) in [7, 11) is 1.62. The van der Waals surface area contributed by atoms with E-state index in [9.17, 15) is 4.79 Å². The lowest BCUT2D eigenvalue weighted by Crippen LogP contribution is -2.44. The number of hydrogen-bond donors (Lipinski definition) is 1. The SMILES string of the molecule is COc1ccc(/C=C/C(=O)N(CCO)C2CCC2)cc1. The van der Waals surface area contributed by atoms with E-state index in [2.05, 4.69) is 0 Å². The largest absolute Gasteiger partial charge is 0.497 e. The van der Waals surface area contributed by atoms with E-state index in [4.69, 9.17) is 9.84 Å². The highest BCUT2D eigenvalue weighted by molar-refractivity contribution is 5.92. The fourth-order valence-electron chi connectivity index (χ4n) is 2.26. The first-order valence-electron chi connectivity index (χ1n) is 6.98. The zero-order chi connectivity index (χ0) is 14.4. The van der Waals surface area contributed by atoms with Crippen LogP contribution >= 0.6 is 0 Å². The first kappa shape index (κ1) is 14.6. The van der Waals surface area contributed by atoms with Gasteiger partial charge < -0.3 is 14.7 Å². The third-order valence-corrected chi connectivity index (χ3v) is 3.67. The lowest BCUT2D eigenvalue weighted by atomic mass is 9.91. The van der Waals surface area contributed by atoms with Crippen LogP contribution in [0.4, 0.5) is 0 Å². The molecule has 0 saturated heterocycles.